The Morgan fingerprint density at radius 2 is 0.686 bits per heavy atom. The van der Waals surface area contributed by atoms with Crippen LogP contribution in [0.4, 0.5) is 0 Å². The maximum atomic E-state index is 12.7. The summed E-state index contributed by atoms with van der Waals surface area (Å²) in [7, 11) is 5.79. The summed E-state index contributed by atoms with van der Waals surface area (Å²) in [5, 5.41) is 33.0. The molecule has 0 radical (unpaired) electrons. The number of quaternary nitrogens is 1. The van der Waals surface area contributed by atoms with Crippen LogP contribution in [0.15, 0.2) is 0 Å². The monoisotopic (exact) mass is 725 g/mol. The number of carboxylic acids is 1. The Morgan fingerprint density at radius 1 is 0.451 bits per heavy atom. The predicted molar refractivity (Wildman–Crippen MR) is 219 cm³/mol. The second-order valence-electron chi connectivity index (χ2n) is 17.1. The molecule has 6 nitrogen and oxygen atoms in total. The van der Waals surface area contributed by atoms with Gasteiger partial charge in [-0.1, -0.05) is 206 Å². The molecule has 0 saturated carbocycles. The van der Waals surface area contributed by atoms with Gasteiger partial charge in [-0.25, -0.2) is 4.90 Å². The summed E-state index contributed by atoms with van der Waals surface area (Å²) < 4.78 is 0.240. The summed E-state index contributed by atoms with van der Waals surface area (Å²) in [6, 6.07) is -0.0739. The molecule has 3 unspecified atom stereocenters. The maximum absolute atomic E-state index is 12.7. The molecule has 3 atom stereocenters. The number of rotatable bonds is 41. The number of nitrogens with zero attached hydrogens (tertiary/aromatic N) is 2. The summed E-state index contributed by atoms with van der Waals surface area (Å²) in [4.78, 5) is 14.9. The normalized spacial score (nSPS) is 14.0. The quantitative estimate of drug-likeness (QED) is 0.0373. The number of hydrogen-bond donors (Lipinski definition) is 2. The van der Waals surface area contributed by atoms with E-state index in [-0.39, 0.29) is 29.8 Å². The lowest BCUT2D eigenvalue weighted by Gasteiger charge is -2.48. The lowest BCUT2D eigenvalue weighted by atomic mass is 9.95. The van der Waals surface area contributed by atoms with Crippen molar-refractivity contribution in [1.82, 2.24) is 4.90 Å². The summed E-state index contributed by atoms with van der Waals surface area (Å²) in [6.07, 6.45) is 41.7. The fraction of sp³-hybridized carbons (Fsp3) is 0.978. The van der Waals surface area contributed by atoms with Crippen molar-refractivity contribution in [1.29, 1.82) is 0 Å². The number of unbranched alkanes of at least 4 members (excludes halogenated alkanes) is 28. The van der Waals surface area contributed by atoms with Gasteiger partial charge in [0.2, 0.25) is 0 Å². The van der Waals surface area contributed by atoms with E-state index in [1.807, 2.05) is 21.1 Å². The van der Waals surface area contributed by atoms with Crippen molar-refractivity contribution in [2.75, 3.05) is 34.4 Å². The lowest BCUT2D eigenvalue weighted by Crippen LogP contribution is -2.67. The van der Waals surface area contributed by atoms with Crippen molar-refractivity contribution in [2.24, 2.45) is 0 Å². The SMILES string of the molecule is CCCCCCCCCCCCCCCCCC(CCO)N(C(CCO)CCCCCCCCCCCCCCCCC)C(C(=O)[O-])[N+](C)(C)C. The third-order valence-electron chi connectivity index (χ3n) is 11.3. The number of carbonyl (C=O) groups is 1. The van der Waals surface area contributed by atoms with Crippen molar-refractivity contribution in [3.63, 3.8) is 0 Å². The Hall–Kier alpha value is -0.690. The number of aliphatic hydroxyl groups excluding tert-OH is 2. The second kappa shape index (κ2) is 36.3. The molecule has 0 aliphatic heterocycles. The second-order valence-corrected chi connectivity index (χ2v) is 17.1. The van der Waals surface area contributed by atoms with Crippen LogP contribution in [0.1, 0.15) is 232 Å². The molecule has 0 rings (SSSR count). The molecule has 2 N–H and O–H groups in total. The molecule has 0 aromatic heterocycles. The van der Waals surface area contributed by atoms with Gasteiger partial charge in [-0.3, -0.25) is 0 Å². The summed E-state index contributed by atoms with van der Waals surface area (Å²) in [5.41, 5.74) is 0. The van der Waals surface area contributed by atoms with Gasteiger partial charge in [0.1, 0.15) is 5.97 Å². The third kappa shape index (κ3) is 29.4. The van der Waals surface area contributed by atoms with Crippen LogP contribution in [0.3, 0.4) is 0 Å². The highest BCUT2D eigenvalue weighted by Crippen LogP contribution is 2.28. The molecule has 0 aromatic carbocycles. The van der Waals surface area contributed by atoms with Crippen molar-refractivity contribution in [3.05, 3.63) is 0 Å². The highest BCUT2D eigenvalue weighted by Gasteiger charge is 2.40. The number of likely N-dealkylation sites (N-methyl/N-ethyl adjacent to an activating group) is 1. The number of aliphatic hydroxyl groups is 2. The van der Waals surface area contributed by atoms with E-state index in [1.54, 1.807) is 0 Å². The van der Waals surface area contributed by atoms with Gasteiger partial charge in [-0.15, -0.1) is 0 Å². The van der Waals surface area contributed by atoms with E-state index in [0.29, 0.717) is 12.8 Å². The van der Waals surface area contributed by atoms with Crippen molar-refractivity contribution in [2.45, 2.75) is 250 Å². The van der Waals surface area contributed by atoms with Gasteiger partial charge in [0.05, 0.1) is 21.1 Å². The zero-order valence-corrected chi connectivity index (χ0v) is 35.3. The van der Waals surface area contributed by atoms with Gasteiger partial charge in [0, 0.05) is 25.3 Å². The summed E-state index contributed by atoms with van der Waals surface area (Å²) >= 11 is 0. The first kappa shape index (κ1) is 50.3. The van der Waals surface area contributed by atoms with Crippen molar-refractivity contribution in [3.8, 4) is 0 Å². The van der Waals surface area contributed by atoms with E-state index >= 15 is 0 Å². The largest absolute Gasteiger partial charge is 0.543 e. The molecule has 0 bridgehead atoms. The van der Waals surface area contributed by atoms with Crippen LogP contribution in [-0.2, 0) is 4.79 Å². The summed E-state index contributed by atoms with van der Waals surface area (Å²) in [6.45, 7) is 4.65. The molecule has 0 saturated heterocycles. The van der Waals surface area contributed by atoms with E-state index in [4.69, 9.17) is 0 Å². The van der Waals surface area contributed by atoms with Crippen LogP contribution in [0.2, 0.25) is 0 Å². The average molecular weight is 725 g/mol. The zero-order valence-electron chi connectivity index (χ0n) is 35.3. The first-order chi connectivity index (χ1) is 24.7. The van der Waals surface area contributed by atoms with Crippen LogP contribution in [-0.4, -0.2) is 78.2 Å². The van der Waals surface area contributed by atoms with Crippen LogP contribution in [0.25, 0.3) is 0 Å². The minimum Gasteiger partial charge on any atom is -0.543 e. The molecule has 6 heteroatoms. The van der Waals surface area contributed by atoms with Crippen LogP contribution in [0, 0.1) is 0 Å². The molecule has 0 amide bonds. The van der Waals surface area contributed by atoms with Crippen LogP contribution in [0.5, 0.6) is 0 Å². The first-order valence-corrected chi connectivity index (χ1v) is 22.8. The number of aliphatic carboxylic acids is 1. The average Bonchev–Trinajstić information content (AvgIpc) is 3.09. The van der Waals surface area contributed by atoms with Crippen molar-refractivity contribution < 1.29 is 24.6 Å². The Labute approximate surface area is 319 Å². The van der Waals surface area contributed by atoms with E-state index in [1.165, 1.54) is 167 Å². The molecule has 0 heterocycles. The number of hydrogen-bond acceptors (Lipinski definition) is 5. The Bertz CT molecular complexity index is 683. The van der Waals surface area contributed by atoms with E-state index in [2.05, 4.69) is 18.7 Å². The van der Waals surface area contributed by atoms with Gasteiger partial charge < -0.3 is 24.6 Å². The van der Waals surface area contributed by atoms with Crippen LogP contribution < -0.4 is 5.11 Å². The number of carbonyl (C=O) groups excluding carboxylic acids is 1. The van der Waals surface area contributed by atoms with Gasteiger partial charge in [-0.05, 0) is 25.7 Å². The zero-order chi connectivity index (χ0) is 37.8. The van der Waals surface area contributed by atoms with Gasteiger partial charge in [0.25, 0.3) is 0 Å². The van der Waals surface area contributed by atoms with Gasteiger partial charge in [0.15, 0.2) is 6.17 Å². The molecule has 0 spiro atoms. The fourth-order valence-electron chi connectivity index (χ4n) is 8.22. The smallest absolute Gasteiger partial charge is 0.186 e. The van der Waals surface area contributed by atoms with Gasteiger partial charge in [-0.2, -0.15) is 0 Å². The van der Waals surface area contributed by atoms with Gasteiger partial charge >= 0.3 is 0 Å². The molecule has 51 heavy (non-hydrogen) atoms. The maximum Gasteiger partial charge on any atom is 0.186 e. The Balaban J connectivity index is 4.73. The molecular weight excluding hydrogens is 633 g/mol. The Morgan fingerprint density at radius 3 is 0.882 bits per heavy atom. The predicted octanol–water partition coefficient (Wildman–Crippen LogP) is 11.1. The number of carboxylic acid groups (broad SMARTS) is 1. The standard InChI is InChI=1S/C45H92N2O4/c1-6-8-10-12-14-16-18-20-22-24-26-28-30-32-34-36-42(38-40-48)46(44(45(50)51)47(3,4)5)43(39-41-49)37-35-33-31-29-27-25-23-21-19-17-15-13-11-9-7-2/h42-44,48-49H,6-41H2,1-5H3. The molecule has 0 aromatic rings. The fourth-order valence-corrected chi connectivity index (χ4v) is 8.22. The van der Waals surface area contributed by atoms with Crippen molar-refractivity contribution >= 4 is 5.97 Å². The highest BCUT2D eigenvalue weighted by molar-refractivity contribution is 5.69. The topological polar surface area (TPSA) is 83.8 Å². The lowest BCUT2D eigenvalue weighted by molar-refractivity contribution is -0.902. The molecule has 0 aliphatic carbocycles. The van der Waals surface area contributed by atoms with E-state index in [9.17, 15) is 20.1 Å². The molecule has 0 fully saturated rings. The molecule has 0 aliphatic rings. The van der Waals surface area contributed by atoms with E-state index < -0.39 is 12.1 Å². The molecular formula is C45H92N2O4. The first-order valence-electron chi connectivity index (χ1n) is 22.8. The molecule has 306 valence electrons. The third-order valence-corrected chi connectivity index (χ3v) is 11.3. The summed E-state index contributed by atoms with van der Waals surface area (Å²) in [5.74, 6) is -1.05. The van der Waals surface area contributed by atoms with E-state index in [0.717, 1.165) is 38.5 Å². The minimum absolute atomic E-state index is 0.0369. The van der Waals surface area contributed by atoms with Crippen LogP contribution >= 0.6 is 0 Å². The minimum atomic E-state index is -1.05. The Kier molecular flexibility index (Phi) is 35.8. The highest BCUT2D eigenvalue weighted by atomic mass is 16.4.